The Morgan fingerprint density at radius 3 is 2.62 bits per heavy atom. The summed E-state index contributed by atoms with van der Waals surface area (Å²) in [5, 5.41) is 8.56. The predicted molar refractivity (Wildman–Crippen MR) is 93.9 cm³/mol. The zero-order valence-corrected chi connectivity index (χ0v) is 14.1. The molecular weight excluding hydrogens is 346 g/mol. The Morgan fingerprint density at radius 1 is 1.08 bits per heavy atom. The van der Waals surface area contributed by atoms with E-state index < -0.39 is 11.9 Å². The number of thiazole rings is 1. The quantitative estimate of drug-likeness (QED) is 0.658. The first-order valence-corrected chi connectivity index (χ1v) is 8.73. The summed E-state index contributed by atoms with van der Waals surface area (Å²) in [6.45, 7) is 0. The minimum absolute atomic E-state index is 0.150. The van der Waals surface area contributed by atoms with Gasteiger partial charge in [-0.2, -0.15) is 0 Å². The summed E-state index contributed by atoms with van der Waals surface area (Å²) in [5.74, 6) is -1.59. The molecule has 1 heterocycles. The van der Waals surface area contributed by atoms with Gasteiger partial charge in [-0.05, 0) is 11.6 Å². The van der Waals surface area contributed by atoms with Crippen molar-refractivity contribution in [3.8, 4) is 11.1 Å². The number of hydrogen-bond acceptors (Lipinski definition) is 6. The molecular formula is C17H13NO4S2. The molecule has 0 saturated heterocycles. The van der Waals surface area contributed by atoms with Crippen molar-refractivity contribution in [3.05, 3.63) is 48.5 Å². The van der Waals surface area contributed by atoms with Crippen molar-refractivity contribution in [1.29, 1.82) is 0 Å². The molecule has 0 amide bonds. The molecule has 7 heteroatoms. The van der Waals surface area contributed by atoms with E-state index in [1.54, 1.807) is 0 Å². The van der Waals surface area contributed by atoms with Crippen LogP contribution in [-0.2, 0) is 13.8 Å². The highest BCUT2D eigenvalue weighted by molar-refractivity contribution is 7.97. The van der Waals surface area contributed by atoms with Crippen molar-refractivity contribution in [3.63, 3.8) is 0 Å². The van der Waals surface area contributed by atoms with E-state index in [0.29, 0.717) is 4.34 Å². The van der Waals surface area contributed by atoms with Crippen LogP contribution < -0.4 is 0 Å². The Balaban J connectivity index is 1.77. The highest BCUT2D eigenvalue weighted by atomic mass is 32.2. The number of aliphatic carboxylic acids is 1. The van der Waals surface area contributed by atoms with E-state index in [2.05, 4.69) is 4.98 Å². The van der Waals surface area contributed by atoms with Gasteiger partial charge in [0.2, 0.25) is 0 Å². The molecule has 0 fully saturated rings. The van der Waals surface area contributed by atoms with Crippen LogP contribution in [0.1, 0.15) is 12.8 Å². The molecule has 1 aromatic heterocycles. The Hall–Kier alpha value is -2.38. The summed E-state index contributed by atoms with van der Waals surface area (Å²) in [7, 11) is 0. The molecule has 3 aromatic rings. The fourth-order valence-electron chi connectivity index (χ4n) is 2.15. The number of carboxylic acids is 1. The Kier molecular flexibility index (Phi) is 5.12. The molecule has 5 nitrogen and oxygen atoms in total. The maximum Gasteiger partial charge on any atom is 0.318 e. The van der Waals surface area contributed by atoms with Gasteiger partial charge >= 0.3 is 11.9 Å². The molecule has 3 rings (SSSR count). The Bertz CT molecular complexity index is 877. The van der Waals surface area contributed by atoms with Crippen LogP contribution in [-0.4, -0.2) is 22.0 Å². The fraction of sp³-hybridized carbons (Fsp3) is 0.118. The lowest BCUT2D eigenvalue weighted by Crippen LogP contribution is -2.03. The number of nitrogens with zero attached hydrogens (tertiary/aromatic N) is 1. The number of para-hydroxylation sites is 1. The topological polar surface area (TPSA) is 76.5 Å². The molecule has 0 bridgehead atoms. The molecule has 0 atom stereocenters. The maximum atomic E-state index is 11.5. The number of benzene rings is 2. The van der Waals surface area contributed by atoms with Crippen LogP contribution in [0.3, 0.4) is 0 Å². The first kappa shape index (κ1) is 16.5. The zero-order chi connectivity index (χ0) is 16.9. The maximum absolute atomic E-state index is 11.5. The molecule has 122 valence electrons. The van der Waals surface area contributed by atoms with Gasteiger partial charge < -0.3 is 9.29 Å². The van der Waals surface area contributed by atoms with Crippen LogP contribution in [0.5, 0.6) is 0 Å². The highest BCUT2D eigenvalue weighted by Crippen LogP contribution is 2.35. The summed E-state index contributed by atoms with van der Waals surface area (Å²) >= 11 is 2.31. The van der Waals surface area contributed by atoms with Crippen LogP contribution in [0.4, 0.5) is 0 Å². The van der Waals surface area contributed by atoms with Gasteiger partial charge in [-0.15, -0.1) is 11.3 Å². The van der Waals surface area contributed by atoms with E-state index in [-0.39, 0.29) is 12.8 Å². The van der Waals surface area contributed by atoms with Crippen molar-refractivity contribution in [2.75, 3.05) is 0 Å². The van der Waals surface area contributed by atoms with Gasteiger partial charge in [0.15, 0.2) is 4.34 Å². The van der Waals surface area contributed by atoms with Crippen LogP contribution in [0, 0.1) is 0 Å². The normalized spacial score (nSPS) is 10.7. The lowest BCUT2D eigenvalue weighted by atomic mass is 10.1. The van der Waals surface area contributed by atoms with E-state index in [1.807, 2.05) is 48.5 Å². The first-order chi connectivity index (χ1) is 11.6. The van der Waals surface area contributed by atoms with Gasteiger partial charge in [-0.3, -0.25) is 9.59 Å². The Morgan fingerprint density at radius 2 is 1.88 bits per heavy atom. The summed E-state index contributed by atoms with van der Waals surface area (Å²) in [6.07, 6.45) is -0.389. The Labute approximate surface area is 146 Å². The van der Waals surface area contributed by atoms with E-state index in [1.165, 1.54) is 11.3 Å². The molecule has 0 aliphatic carbocycles. The molecule has 0 unspecified atom stereocenters. The van der Waals surface area contributed by atoms with Gasteiger partial charge in [-0.25, -0.2) is 4.98 Å². The van der Waals surface area contributed by atoms with Crippen molar-refractivity contribution >= 4 is 45.5 Å². The first-order valence-electron chi connectivity index (χ1n) is 7.17. The predicted octanol–water partition coefficient (Wildman–Crippen LogP) is 4.38. The van der Waals surface area contributed by atoms with E-state index in [0.717, 1.165) is 33.4 Å². The zero-order valence-electron chi connectivity index (χ0n) is 12.5. The van der Waals surface area contributed by atoms with Crippen LogP contribution in [0.15, 0.2) is 52.9 Å². The van der Waals surface area contributed by atoms with Crippen molar-refractivity contribution in [1.82, 2.24) is 4.98 Å². The van der Waals surface area contributed by atoms with E-state index in [9.17, 15) is 9.59 Å². The standard InChI is InChI=1S/C17H13NO4S2/c19-14(20)9-10-15(21)22-24-17-18-16-12(7-4-8-13(16)23-17)11-5-2-1-3-6-11/h1-8H,9-10H2,(H,19,20). The SMILES string of the molecule is O=C(O)CCC(=O)OSc1nc2c(-c3ccccc3)cccc2s1. The number of hydrogen-bond donors (Lipinski definition) is 1. The summed E-state index contributed by atoms with van der Waals surface area (Å²) in [4.78, 5) is 26.5. The molecule has 0 saturated carbocycles. The molecule has 0 spiro atoms. The average molecular weight is 359 g/mol. The number of carbonyl (C=O) groups is 2. The monoisotopic (exact) mass is 359 g/mol. The second kappa shape index (κ2) is 7.46. The molecule has 0 aliphatic heterocycles. The second-order valence-corrected chi connectivity index (χ2v) is 6.94. The van der Waals surface area contributed by atoms with Crippen molar-refractivity contribution < 1.29 is 18.9 Å². The average Bonchev–Trinajstić information content (AvgIpc) is 3.02. The van der Waals surface area contributed by atoms with Crippen LogP contribution in [0.2, 0.25) is 0 Å². The summed E-state index contributed by atoms with van der Waals surface area (Å²) in [6, 6.07) is 15.9. The lowest BCUT2D eigenvalue weighted by Gasteiger charge is -2.01. The van der Waals surface area contributed by atoms with Crippen LogP contribution >= 0.6 is 23.4 Å². The van der Waals surface area contributed by atoms with Gasteiger partial charge in [0.1, 0.15) is 12.0 Å². The van der Waals surface area contributed by atoms with Crippen molar-refractivity contribution in [2.45, 2.75) is 17.2 Å². The number of fused-ring (bicyclic) bond motifs is 1. The molecule has 0 aliphatic rings. The lowest BCUT2D eigenvalue weighted by molar-refractivity contribution is -0.141. The molecule has 0 radical (unpaired) electrons. The molecule has 1 N–H and O–H groups in total. The van der Waals surface area contributed by atoms with Gasteiger partial charge in [0, 0.05) is 5.56 Å². The molecule has 2 aromatic carbocycles. The highest BCUT2D eigenvalue weighted by Gasteiger charge is 2.13. The number of carbonyl (C=O) groups excluding carboxylic acids is 1. The van der Waals surface area contributed by atoms with E-state index in [4.69, 9.17) is 9.29 Å². The molecule has 24 heavy (non-hydrogen) atoms. The largest absolute Gasteiger partial charge is 0.481 e. The number of carboxylic acid groups (broad SMARTS) is 1. The fourth-order valence-corrected chi connectivity index (χ4v) is 3.75. The summed E-state index contributed by atoms with van der Waals surface area (Å²) < 4.78 is 6.62. The number of rotatable bonds is 6. The van der Waals surface area contributed by atoms with Gasteiger partial charge in [0.25, 0.3) is 0 Å². The third-order valence-corrected chi connectivity index (χ3v) is 5.01. The third kappa shape index (κ3) is 3.93. The van der Waals surface area contributed by atoms with Gasteiger partial charge in [-0.1, -0.05) is 42.5 Å². The van der Waals surface area contributed by atoms with E-state index >= 15 is 0 Å². The van der Waals surface area contributed by atoms with Gasteiger partial charge in [0.05, 0.1) is 23.1 Å². The van der Waals surface area contributed by atoms with Crippen LogP contribution in [0.25, 0.3) is 21.3 Å². The smallest absolute Gasteiger partial charge is 0.318 e. The number of aromatic nitrogens is 1. The van der Waals surface area contributed by atoms with Crippen molar-refractivity contribution in [2.24, 2.45) is 0 Å². The minimum atomic E-state index is -1.02. The second-order valence-electron chi connectivity index (χ2n) is 4.93. The summed E-state index contributed by atoms with van der Waals surface area (Å²) in [5.41, 5.74) is 2.95. The third-order valence-electron chi connectivity index (χ3n) is 3.23. The minimum Gasteiger partial charge on any atom is -0.481 e.